The van der Waals surface area contributed by atoms with Gasteiger partial charge in [0.15, 0.2) is 17.2 Å². The van der Waals surface area contributed by atoms with Gasteiger partial charge in [0.2, 0.25) is 5.91 Å². The van der Waals surface area contributed by atoms with Crippen LogP contribution in [-0.4, -0.2) is 28.9 Å². The Balaban J connectivity index is 3.40. The molecule has 1 N–H and O–H groups in total. The van der Waals surface area contributed by atoms with Crippen molar-refractivity contribution in [2.45, 2.75) is 19.4 Å². The topological polar surface area (TPSA) is 57.6 Å². The largest absolute Gasteiger partial charge is 0.479 e. The van der Waals surface area contributed by atoms with E-state index in [1.165, 1.54) is 20.9 Å². The number of amides is 1. The Kier molecular flexibility index (Phi) is 3.69. The Hall–Kier alpha value is -1.98. The maximum atomic E-state index is 13.2. The van der Waals surface area contributed by atoms with Crippen LogP contribution >= 0.6 is 0 Å². The fraction of sp³-hybridized carbons (Fsp3) is 0.333. The lowest BCUT2D eigenvalue weighted by atomic mass is 9.90. The number of benzene rings is 1. The highest BCUT2D eigenvalue weighted by Gasteiger charge is 2.41. The first kappa shape index (κ1) is 14.1. The molecule has 1 aromatic carbocycles. The van der Waals surface area contributed by atoms with Gasteiger partial charge in [0, 0.05) is 14.0 Å². The van der Waals surface area contributed by atoms with Crippen LogP contribution in [0.15, 0.2) is 18.2 Å². The summed E-state index contributed by atoms with van der Waals surface area (Å²) in [6.45, 7) is 2.45. The minimum atomic E-state index is -1.75. The molecular weight excluding hydrogens is 244 g/mol. The van der Waals surface area contributed by atoms with Gasteiger partial charge in [-0.15, -0.1) is 0 Å². The van der Waals surface area contributed by atoms with Crippen molar-refractivity contribution in [3.8, 4) is 0 Å². The smallest absolute Gasteiger partial charge is 0.334 e. The molecule has 0 aliphatic carbocycles. The van der Waals surface area contributed by atoms with Crippen LogP contribution in [0.5, 0.6) is 0 Å². The highest BCUT2D eigenvalue weighted by atomic mass is 19.2. The van der Waals surface area contributed by atoms with Gasteiger partial charge in [0.05, 0.1) is 0 Å². The van der Waals surface area contributed by atoms with E-state index in [2.05, 4.69) is 0 Å². The summed E-state index contributed by atoms with van der Waals surface area (Å²) in [4.78, 5) is 23.6. The zero-order chi connectivity index (χ0) is 14.1. The van der Waals surface area contributed by atoms with Gasteiger partial charge in [-0.2, -0.15) is 0 Å². The first-order chi connectivity index (χ1) is 8.21. The third-order valence-electron chi connectivity index (χ3n) is 3.04. The Bertz CT molecular complexity index is 504. The van der Waals surface area contributed by atoms with Crippen molar-refractivity contribution in [3.63, 3.8) is 0 Å². The molecule has 0 aliphatic rings. The summed E-state index contributed by atoms with van der Waals surface area (Å²) in [7, 11) is 1.29. The lowest BCUT2D eigenvalue weighted by molar-refractivity contribution is -0.156. The molecular formula is C12H13F2NO3. The standard InChI is InChI=1S/C12H13F2NO3/c1-7(16)15(3)12(2,11(17)18)8-4-5-9(13)10(14)6-8/h4-6H,1-3H3,(H,17,18). The monoisotopic (exact) mass is 257 g/mol. The molecule has 1 rings (SSSR count). The van der Waals surface area contributed by atoms with Crippen molar-refractivity contribution in [1.82, 2.24) is 4.90 Å². The molecule has 0 spiro atoms. The zero-order valence-corrected chi connectivity index (χ0v) is 10.2. The van der Waals surface area contributed by atoms with Crippen molar-refractivity contribution >= 4 is 11.9 Å². The maximum absolute atomic E-state index is 13.2. The third kappa shape index (κ3) is 2.18. The zero-order valence-electron chi connectivity index (χ0n) is 10.2. The molecule has 98 valence electrons. The highest BCUT2D eigenvalue weighted by Crippen LogP contribution is 2.28. The Morgan fingerprint density at radius 1 is 1.28 bits per heavy atom. The summed E-state index contributed by atoms with van der Waals surface area (Å²) >= 11 is 0. The fourth-order valence-corrected chi connectivity index (χ4v) is 1.57. The summed E-state index contributed by atoms with van der Waals surface area (Å²) < 4.78 is 26.0. The Labute approximate surface area is 103 Å². The van der Waals surface area contributed by atoms with Crippen molar-refractivity contribution in [3.05, 3.63) is 35.4 Å². The molecule has 0 saturated carbocycles. The van der Waals surface area contributed by atoms with Gasteiger partial charge in [-0.1, -0.05) is 6.07 Å². The van der Waals surface area contributed by atoms with E-state index in [4.69, 9.17) is 0 Å². The minimum Gasteiger partial charge on any atom is -0.479 e. The van der Waals surface area contributed by atoms with Gasteiger partial charge in [0.25, 0.3) is 0 Å². The van der Waals surface area contributed by atoms with Crippen LogP contribution in [0.2, 0.25) is 0 Å². The van der Waals surface area contributed by atoms with Crippen molar-refractivity contribution in [2.24, 2.45) is 0 Å². The lowest BCUT2D eigenvalue weighted by Gasteiger charge is -2.34. The summed E-state index contributed by atoms with van der Waals surface area (Å²) in [5.74, 6) is -4.05. The Morgan fingerprint density at radius 2 is 1.83 bits per heavy atom. The number of aliphatic carboxylic acids is 1. The van der Waals surface area contributed by atoms with Gasteiger partial charge in [-0.3, -0.25) is 4.79 Å². The number of hydrogen-bond donors (Lipinski definition) is 1. The highest BCUT2D eigenvalue weighted by molar-refractivity contribution is 5.86. The second kappa shape index (κ2) is 4.72. The van der Waals surface area contributed by atoms with E-state index in [9.17, 15) is 23.5 Å². The van der Waals surface area contributed by atoms with Gasteiger partial charge >= 0.3 is 5.97 Å². The van der Waals surface area contributed by atoms with Crippen LogP contribution in [0, 0.1) is 11.6 Å². The van der Waals surface area contributed by atoms with Gasteiger partial charge < -0.3 is 10.0 Å². The normalized spacial score (nSPS) is 13.8. The number of rotatable bonds is 3. The van der Waals surface area contributed by atoms with Gasteiger partial charge in [-0.05, 0) is 24.6 Å². The summed E-state index contributed by atoms with van der Waals surface area (Å²) in [5, 5.41) is 9.26. The van der Waals surface area contributed by atoms with E-state index in [0.717, 1.165) is 23.1 Å². The molecule has 1 aromatic rings. The molecule has 0 aliphatic heterocycles. The number of carbonyl (C=O) groups excluding carboxylic acids is 1. The molecule has 0 aromatic heterocycles. The van der Waals surface area contributed by atoms with Crippen molar-refractivity contribution in [1.29, 1.82) is 0 Å². The summed E-state index contributed by atoms with van der Waals surface area (Å²) in [5.41, 5.74) is -1.76. The van der Waals surface area contributed by atoms with Crippen LogP contribution in [0.4, 0.5) is 8.78 Å². The molecule has 4 nitrogen and oxygen atoms in total. The quantitative estimate of drug-likeness (QED) is 0.897. The van der Waals surface area contributed by atoms with Crippen molar-refractivity contribution in [2.75, 3.05) is 7.05 Å². The number of hydrogen-bond acceptors (Lipinski definition) is 2. The lowest BCUT2D eigenvalue weighted by Crippen LogP contribution is -2.49. The fourth-order valence-electron chi connectivity index (χ4n) is 1.57. The number of likely N-dealkylation sites (N-methyl/N-ethyl adjacent to an activating group) is 1. The average Bonchev–Trinajstić information content (AvgIpc) is 2.30. The van der Waals surface area contributed by atoms with Gasteiger partial charge in [-0.25, -0.2) is 13.6 Å². The molecule has 1 unspecified atom stereocenters. The van der Waals surface area contributed by atoms with Crippen LogP contribution < -0.4 is 0 Å². The van der Waals surface area contributed by atoms with Crippen LogP contribution in [0.25, 0.3) is 0 Å². The van der Waals surface area contributed by atoms with E-state index in [1.54, 1.807) is 0 Å². The van der Waals surface area contributed by atoms with Gasteiger partial charge in [0.1, 0.15) is 0 Å². The summed E-state index contributed by atoms with van der Waals surface area (Å²) in [6.07, 6.45) is 0. The van der Waals surface area contributed by atoms with Crippen LogP contribution in [-0.2, 0) is 15.1 Å². The molecule has 1 amide bonds. The second-order valence-electron chi connectivity index (χ2n) is 4.08. The summed E-state index contributed by atoms with van der Waals surface area (Å²) in [6, 6.07) is 2.76. The minimum absolute atomic E-state index is 0.00778. The molecule has 0 fully saturated rings. The molecule has 0 radical (unpaired) electrons. The molecule has 1 atom stereocenters. The second-order valence-corrected chi connectivity index (χ2v) is 4.08. The average molecular weight is 257 g/mol. The van der Waals surface area contributed by atoms with E-state index in [-0.39, 0.29) is 5.56 Å². The number of halogens is 2. The maximum Gasteiger partial charge on any atom is 0.334 e. The van der Waals surface area contributed by atoms with E-state index in [1.807, 2.05) is 0 Å². The molecule has 6 heteroatoms. The van der Waals surface area contributed by atoms with Crippen LogP contribution in [0.1, 0.15) is 19.4 Å². The number of carboxylic acid groups (broad SMARTS) is 1. The SMILES string of the molecule is CC(=O)N(C)C(C)(C(=O)O)c1ccc(F)c(F)c1. The first-order valence-electron chi connectivity index (χ1n) is 5.14. The number of nitrogens with zero attached hydrogens (tertiary/aromatic N) is 1. The molecule has 0 saturated heterocycles. The van der Waals surface area contributed by atoms with Crippen molar-refractivity contribution < 1.29 is 23.5 Å². The predicted molar refractivity (Wildman–Crippen MR) is 59.8 cm³/mol. The molecule has 18 heavy (non-hydrogen) atoms. The first-order valence-corrected chi connectivity index (χ1v) is 5.14. The van der Waals surface area contributed by atoms with E-state index >= 15 is 0 Å². The number of carboxylic acids is 1. The van der Waals surface area contributed by atoms with E-state index < -0.39 is 29.0 Å². The molecule has 0 bridgehead atoms. The number of carbonyl (C=O) groups is 2. The third-order valence-corrected chi connectivity index (χ3v) is 3.04. The van der Waals surface area contributed by atoms with Crippen LogP contribution in [0.3, 0.4) is 0 Å². The predicted octanol–water partition coefficient (Wildman–Crippen LogP) is 1.74. The van der Waals surface area contributed by atoms with E-state index in [0.29, 0.717) is 0 Å². The molecule has 0 heterocycles. The Morgan fingerprint density at radius 3 is 2.22 bits per heavy atom.